The minimum atomic E-state index is 0.542. The Morgan fingerprint density at radius 1 is 1.47 bits per heavy atom. The molecular weight excluding hydrogens is 190 g/mol. The number of aromatic nitrogens is 2. The minimum absolute atomic E-state index is 0.542. The fourth-order valence-electron chi connectivity index (χ4n) is 1.15. The van der Waals surface area contributed by atoms with Crippen LogP contribution in [0.2, 0.25) is 0 Å². The van der Waals surface area contributed by atoms with Gasteiger partial charge in [0.05, 0.1) is 5.56 Å². The van der Waals surface area contributed by atoms with E-state index in [0.717, 1.165) is 17.9 Å². The van der Waals surface area contributed by atoms with Crippen molar-refractivity contribution in [3.05, 3.63) is 24.0 Å². The van der Waals surface area contributed by atoms with Crippen LogP contribution < -0.4 is 10.1 Å². The summed E-state index contributed by atoms with van der Waals surface area (Å²) in [4.78, 5) is 8.22. The van der Waals surface area contributed by atoms with Crippen molar-refractivity contribution in [1.82, 2.24) is 9.97 Å². The maximum atomic E-state index is 5.49. The van der Waals surface area contributed by atoms with Gasteiger partial charge in [-0.3, -0.25) is 0 Å². The summed E-state index contributed by atoms with van der Waals surface area (Å²) in [6.07, 6.45) is 5.40. The van der Waals surface area contributed by atoms with Crippen LogP contribution in [-0.2, 0) is 0 Å². The maximum Gasteiger partial charge on any atom is 0.221 e. The van der Waals surface area contributed by atoms with Crippen LogP contribution in [0.25, 0.3) is 0 Å². The molecule has 0 aliphatic carbocycles. The van der Waals surface area contributed by atoms with Gasteiger partial charge in [-0.05, 0) is 20.8 Å². The summed E-state index contributed by atoms with van der Waals surface area (Å²) in [5.74, 6) is 1.47. The van der Waals surface area contributed by atoms with Crippen LogP contribution in [0.5, 0.6) is 5.88 Å². The first kappa shape index (κ1) is 11.5. The van der Waals surface area contributed by atoms with Crippen molar-refractivity contribution in [2.75, 3.05) is 18.5 Å². The van der Waals surface area contributed by atoms with Crippen molar-refractivity contribution in [2.24, 2.45) is 0 Å². The number of ether oxygens (including phenoxy) is 1. The molecule has 1 N–H and O–H groups in total. The molecule has 4 nitrogen and oxygen atoms in total. The van der Waals surface area contributed by atoms with Crippen LogP contribution in [0, 0.1) is 6.92 Å². The second-order valence-electron chi connectivity index (χ2n) is 3.06. The summed E-state index contributed by atoms with van der Waals surface area (Å²) in [5.41, 5.74) is 0.948. The highest BCUT2D eigenvalue weighted by Crippen LogP contribution is 2.19. The molecule has 0 aliphatic rings. The topological polar surface area (TPSA) is 47.0 Å². The highest BCUT2D eigenvalue weighted by Gasteiger charge is 2.06. The predicted octanol–water partition coefficient (Wildman–Crippen LogP) is 2.17. The Balaban J connectivity index is 2.74. The third kappa shape index (κ3) is 3.23. The van der Waals surface area contributed by atoms with Crippen LogP contribution >= 0.6 is 0 Å². The van der Waals surface area contributed by atoms with E-state index in [1.54, 1.807) is 0 Å². The molecule has 0 radical (unpaired) electrons. The van der Waals surface area contributed by atoms with E-state index >= 15 is 0 Å². The molecule has 0 saturated heterocycles. The second-order valence-corrected chi connectivity index (χ2v) is 3.06. The van der Waals surface area contributed by atoms with Gasteiger partial charge in [-0.15, -0.1) is 0 Å². The largest absolute Gasteiger partial charge is 0.473 e. The molecule has 4 heteroatoms. The van der Waals surface area contributed by atoms with Gasteiger partial charge in [0.25, 0.3) is 0 Å². The lowest BCUT2D eigenvalue weighted by Crippen LogP contribution is -2.05. The lowest BCUT2D eigenvalue weighted by molar-refractivity contribution is 0.345. The van der Waals surface area contributed by atoms with E-state index in [0.29, 0.717) is 12.5 Å². The lowest BCUT2D eigenvalue weighted by atomic mass is 10.3. The molecule has 0 atom stereocenters. The van der Waals surface area contributed by atoms with E-state index in [1.165, 1.54) is 6.33 Å². The second kappa shape index (κ2) is 6.01. The van der Waals surface area contributed by atoms with Crippen molar-refractivity contribution in [1.29, 1.82) is 0 Å². The molecule has 0 fully saturated rings. The van der Waals surface area contributed by atoms with E-state index in [1.807, 2.05) is 32.9 Å². The highest BCUT2D eigenvalue weighted by atomic mass is 16.5. The third-order valence-corrected chi connectivity index (χ3v) is 1.93. The van der Waals surface area contributed by atoms with Crippen molar-refractivity contribution in [3.8, 4) is 5.88 Å². The Hall–Kier alpha value is -1.58. The van der Waals surface area contributed by atoms with Gasteiger partial charge >= 0.3 is 0 Å². The van der Waals surface area contributed by atoms with Crippen LogP contribution in [-0.4, -0.2) is 23.1 Å². The molecule has 15 heavy (non-hydrogen) atoms. The molecule has 82 valence electrons. The summed E-state index contributed by atoms with van der Waals surface area (Å²) in [5, 5.41) is 3.16. The molecule has 0 aliphatic heterocycles. The molecule has 0 saturated carbocycles. The normalized spacial score (nSPS) is 10.6. The third-order valence-electron chi connectivity index (χ3n) is 1.93. The van der Waals surface area contributed by atoms with Gasteiger partial charge in [-0.25, -0.2) is 9.97 Å². The van der Waals surface area contributed by atoms with E-state index < -0.39 is 0 Å². The number of rotatable bonds is 5. The van der Waals surface area contributed by atoms with Crippen molar-refractivity contribution in [2.45, 2.75) is 20.8 Å². The first-order valence-corrected chi connectivity index (χ1v) is 5.09. The lowest BCUT2D eigenvalue weighted by Gasteiger charge is -2.09. The van der Waals surface area contributed by atoms with Gasteiger partial charge < -0.3 is 10.1 Å². The average molecular weight is 207 g/mol. The van der Waals surface area contributed by atoms with Crippen LogP contribution in [0.15, 0.2) is 18.5 Å². The number of nitrogens with zero attached hydrogens (tertiary/aromatic N) is 2. The van der Waals surface area contributed by atoms with E-state index in [9.17, 15) is 0 Å². The molecular formula is C11H17N3O. The first-order chi connectivity index (χ1) is 7.29. The molecule has 0 spiro atoms. The Morgan fingerprint density at radius 3 is 2.93 bits per heavy atom. The Kier molecular flexibility index (Phi) is 4.60. The smallest absolute Gasteiger partial charge is 0.221 e. The molecule has 0 aromatic carbocycles. The molecule has 1 rings (SSSR count). The van der Waals surface area contributed by atoms with Crippen molar-refractivity contribution >= 4 is 5.82 Å². The van der Waals surface area contributed by atoms with Gasteiger partial charge in [0, 0.05) is 6.54 Å². The number of allylic oxidation sites excluding steroid dienone is 1. The number of hydrogen-bond acceptors (Lipinski definition) is 4. The number of hydrogen-bond donors (Lipinski definition) is 1. The summed E-state index contributed by atoms with van der Waals surface area (Å²) < 4.78 is 5.49. The van der Waals surface area contributed by atoms with E-state index in [2.05, 4.69) is 15.3 Å². The molecule has 0 amide bonds. The van der Waals surface area contributed by atoms with Crippen LogP contribution in [0.3, 0.4) is 0 Å². The average Bonchev–Trinajstić information content (AvgIpc) is 2.24. The first-order valence-electron chi connectivity index (χ1n) is 5.09. The number of nitrogens with one attached hydrogen (secondary N) is 1. The van der Waals surface area contributed by atoms with Gasteiger partial charge in [-0.2, -0.15) is 0 Å². The molecule has 1 aromatic heterocycles. The summed E-state index contributed by atoms with van der Waals surface area (Å²) in [6, 6.07) is 0. The zero-order valence-electron chi connectivity index (χ0n) is 9.45. The molecule has 0 bridgehead atoms. The SMILES string of the molecule is C/C=C/COc1ncnc(NCC)c1C. The monoisotopic (exact) mass is 207 g/mol. The van der Waals surface area contributed by atoms with Gasteiger partial charge in [0.2, 0.25) is 5.88 Å². The fraction of sp³-hybridized carbons (Fsp3) is 0.455. The fourth-order valence-corrected chi connectivity index (χ4v) is 1.15. The molecule has 1 heterocycles. The number of anilines is 1. The highest BCUT2D eigenvalue weighted by molar-refractivity contribution is 5.47. The van der Waals surface area contributed by atoms with Crippen molar-refractivity contribution in [3.63, 3.8) is 0 Å². The Labute approximate surface area is 90.4 Å². The van der Waals surface area contributed by atoms with Crippen molar-refractivity contribution < 1.29 is 4.74 Å². The maximum absolute atomic E-state index is 5.49. The van der Waals surface area contributed by atoms with Crippen LogP contribution in [0.1, 0.15) is 19.4 Å². The molecule has 1 aromatic rings. The Morgan fingerprint density at radius 2 is 2.27 bits per heavy atom. The van der Waals surface area contributed by atoms with Gasteiger partial charge in [-0.1, -0.05) is 12.2 Å². The predicted molar refractivity (Wildman–Crippen MR) is 61.2 cm³/mol. The van der Waals surface area contributed by atoms with E-state index in [4.69, 9.17) is 4.74 Å². The van der Waals surface area contributed by atoms with Gasteiger partial charge in [0.1, 0.15) is 18.8 Å². The Bertz CT molecular complexity index is 337. The quantitative estimate of drug-likeness (QED) is 0.752. The minimum Gasteiger partial charge on any atom is -0.473 e. The standard InChI is InChI=1S/C11H17N3O/c1-4-6-7-15-11-9(3)10(12-5-2)13-8-14-11/h4,6,8H,5,7H2,1-3H3,(H,12,13,14)/b6-4+. The summed E-state index contributed by atoms with van der Waals surface area (Å²) >= 11 is 0. The summed E-state index contributed by atoms with van der Waals surface area (Å²) in [7, 11) is 0. The zero-order chi connectivity index (χ0) is 11.1. The summed E-state index contributed by atoms with van der Waals surface area (Å²) in [6.45, 7) is 7.32. The van der Waals surface area contributed by atoms with E-state index in [-0.39, 0.29) is 0 Å². The van der Waals surface area contributed by atoms with Gasteiger partial charge in [0.15, 0.2) is 0 Å². The zero-order valence-corrected chi connectivity index (χ0v) is 9.45. The van der Waals surface area contributed by atoms with Crippen LogP contribution in [0.4, 0.5) is 5.82 Å². The molecule has 0 unspecified atom stereocenters.